The molecule has 3 aromatic carbocycles. The number of carbonyl (C=O) groups excluding carboxylic acids is 2. The van der Waals surface area contributed by atoms with Crippen molar-refractivity contribution in [2.45, 2.75) is 24.5 Å². The minimum atomic E-state index is -5.05. The quantitative estimate of drug-likeness (QED) is 0.252. The Hall–Kier alpha value is -4.49. The van der Waals surface area contributed by atoms with Crippen molar-refractivity contribution in [2.24, 2.45) is 4.99 Å². The molecule has 3 aliphatic rings. The molecule has 1 N–H and O–H groups in total. The summed E-state index contributed by atoms with van der Waals surface area (Å²) >= 11 is 2.53. The standard InChI is InChI=1S/C35H34F3N7O3S2/c1-3-40-26-11-9-24(21-39)19-27(26)41-34-45(22-23-7-5-4-6-8-23)31(46)30(50-34)32-42(2)28-20-25(10-12-29(28)49-32)44(33(47)35(36,37)38)14-13-43-15-17-48-18-16-43/h4-12,19-20,40H,3,13-18,22H2,1-2H3/b32-30-,41-34?. The summed E-state index contributed by atoms with van der Waals surface area (Å²) in [5.74, 6) is -2.21. The van der Waals surface area contributed by atoms with Gasteiger partial charge in [-0.2, -0.15) is 18.4 Å². The van der Waals surface area contributed by atoms with Crippen LogP contribution in [-0.4, -0.2) is 85.9 Å². The van der Waals surface area contributed by atoms with Crippen LogP contribution in [0.15, 0.2) is 86.6 Å². The highest BCUT2D eigenvalue weighted by atomic mass is 32.2. The molecular weight excluding hydrogens is 688 g/mol. The van der Waals surface area contributed by atoms with E-state index >= 15 is 0 Å². The van der Waals surface area contributed by atoms with E-state index in [1.165, 1.54) is 29.6 Å². The first-order chi connectivity index (χ1) is 24.1. The number of carbonyl (C=O) groups is 2. The van der Waals surface area contributed by atoms with Crippen LogP contribution in [0.2, 0.25) is 0 Å². The van der Waals surface area contributed by atoms with Crippen molar-refractivity contribution in [2.75, 3.05) is 68.1 Å². The summed E-state index contributed by atoms with van der Waals surface area (Å²) in [5.41, 5.74) is 3.23. The Balaban J connectivity index is 1.34. The Morgan fingerprint density at radius 1 is 1.08 bits per heavy atom. The van der Waals surface area contributed by atoms with E-state index < -0.39 is 12.1 Å². The minimum absolute atomic E-state index is 0.115. The highest BCUT2D eigenvalue weighted by molar-refractivity contribution is 8.19. The fourth-order valence-corrected chi connectivity index (χ4v) is 8.05. The summed E-state index contributed by atoms with van der Waals surface area (Å²) in [6.07, 6.45) is -5.05. The molecule has 10 nitrogen and oxygen atoms in total. The third kappa shape index (κ3) is 7.63. The molecule has 3 heterocycles. The number of fused-ring (bicyclic) bond motifs is 1. The molecule has 6 rings (SSSR count). The van der Waals surface area contributed by atoms with Crippen molar-refractivity contribution in [1.82, 2.24) is 9.80 Å². The number of morpholine rings is 1. The molecule has 2 fully saturated rings. The molecule has 0 saturated carbocycles. The topological polar surface area (TPSA) is 105 Å². The molecule has 0 spiro atoms. The van der Waals surface area contributed by atoms with Crippen LogP contribution in [0.5, 0.6) is 0 Å². The van der Waals surface area contributed by atoms with Crippen molar-refractivity contribution in [3.63, 3.8) is 0 Å². The van der Waals surface area contributed by atoms with Gasteiger partial charge in [-0.3, -0.25) is 19.4 Å². The van der Waals surface area contributed by atoms with Gasteiger partial charge in [0.15, 0.2) is 5.17 Å². The number of anilines is 3. The largest absolute Gasteiger partial charge is 0.471 e. The van der Waals surface area contributed by atoms with E-state index in [2.05, 4.69) is 11.4 Å². The van der Waals surface area contributed by atoms with Gasteiger partial charge in [-0.25, -0.2) is 4.99 Å². The smallest absolute Gasteiger partial charge is 0.384 e. The molecule has 15 heteroatoms. The summed E-state index contributed by atoms with van der Waals surface area (Å²) in [4.78, 5) is 39.0. The monoisotopic (exact) mass is 721 g/mol. The van der Waals surface area contributed by atoms with E-state index in [0.717, 1.165) is 15.4 Å². The number of nitriles is 1. The number of hydrogen-bond donors (Lipinski definition) is 1. The van der Waals surface area contributed by atoms with E-state index in [0.29, 0.717) is 70.6 Å². The van der Waals surface area contributed by atoms with Gasteiger partial charge in [0.2, 0.25) is 0 Å². The lowest BCUT2D eigenvalue weighted by atomic mass is 10.2. The molecule has 260 valence electrons. The Labute approximate surface area is 296 Å². The van der Waals surface area contributed by atoms with Gasteiger partial charge < -0.3 is 19.9 Å². The SMILES string of the molecule is CCNc1ccc(C#N)cc1N=C1S/C(=C2\Sc3ccc(N(CCN4CCOCC4)C(=O)C(F)(F)F)cc3N2C)C(=O)N1Cc1ccccc1. The molecule has 0 bridgehead atoms. The molecule has 2 amide bonds. The third-order valence-electron chi connectivity index (χ3n) is 8.31. The average Bonchev–Trinajstić information content (AvgIpc) is 3.60. The lowest BCUT2D eigenvalue weighted by molar-refractivity contribution is -0.170. The molecule has 0 unspecified atom stereocenters. The predicted octanol–water partition coefficient (Wildman–Crippen LogP) is 6.39. The second kappa shape index (κ2) is 15.2. The molecule has 50 heavy (non-hydrogen) atoms. The summed E-state index contributed by atoms with van der Waals surface area (Å²) in [6.45, 7) is 5.07. The maximum Gasteiger partial charge on any atom is 0.471 e. The summed E-state index contributed by atoms with van der Waals surface area (Å²) in [7, 11) is 1.75. The maximum atomic E-state index is 14.2. The maximum absolute atomic E-state index is 14.2. The number of ether oxygens (including phenoxy) is 1. The van der Waals surface area contributed by atoms with Gasteiger partial charge in [-0.1, -0.05) is 42.1 Å². The van der Waals surface area contributed by atoms with Crippen molar-refractivity contribution >= 4 is 63.3 Å². The third-order valence-corrected chi connectivity index (χ3v) is 10.7. The Kier molecular flexibility index (Phi) is 10.7. The summed E-state index contributed by atoms with van der Waals surface area (Å²) in [6, 6.07) is 21.6. The molecule has 2 saturated heterocycles. The fourth-order valence-electron chi connectivity index (χ4n) is 5.73. The second-order valence-corrected chi connectivity index (χ2v) is 13.6. The van der Waals surface area contributed by atoms with E-state index in [9.17, 15) is 28.0 Å². The van der Waals surface area contributed by atoms with Crippen LogP contribution >= 0.6 is 23.5 Å². The minimum Gasteiger partial charge on any atom is -0.384 e. The van der Waals surface area contributed by atoms with Crippen molar-refractivity contribution in [1.29, 1.82) is 5.26 Å². The molecule has 0 radical (unpaired) electrons. The van der Waals surface area contributed by atoms with Gasteiger partial charge in [0, 0.05) is 50.4 Å². The van der Waals surface area contributed by atoms with Crippen LogP contribution in [-0.2, 0) is 20.9 Å². The van der Waals surface area contributed by atoms with Gasteiger partial charge in [-0.15, -0.1) is 0 Å². The van der Waals surface area contributed by atoms with E-state index in [1.807, 2.05) is 42.2 Å². The zero-order chi connectivity index (χ0) is 35.4. The molecule has 0 aromatic heterocycles. The van der Waals surface area contributed by atoms with Crippen LogP contribution in [0.1, 0.15) is 18.1 Å². The fraction of sp³-hybridized carbons (Fsp3) is 0.314. The number of nitrogens with one attached hydrogen (secondary N) is 1. The lowest BCUT2D eigenvalue weighted by Gasteiger charge is -2.30. The molecule has 3 aliphatic heterocycles. The van der Waals surface area contributed by atoms with Crippen molar-refractivity contribution < 1.29 is 27.5 Å². The predicted molar refractivity (Wildman–Crippen MR) is 190 cm³/mol. The number of amidine groups is 1. The molecule has 3 aromatic rings. The Bertz CT molecular complexity index is 1880. The Morgan fingerprint density at radius 3 is 2.54 bits per heavy atom. The highest BCUT2D eigenvalue weighted by Gasteiger charge is 2.44. The summed E-state index contributed by atoms with van der Waals surface area (Å²) in [5, 5.41) is 13.8. The van der Waals surface area contributed by atoms with Crippen molar-refractivity contribution in [3.05, 3.63) is 87.8 Å². The van der Waals surface area contributed by atoms with Gasteiger partial charge in [0.25, 0.3) is 5.91 Å². The first kappa shape index (κ1) is 35.3. The van der Waals surface area contributed by atoms with Gasteiger partial charge in [0.05, 0.1) is 53.5 Å². The molecule has 0 atom stereocenters. The number of benzene rings is 3. The number of thioether (sulfide) groups is 2. The number of alkyl halides is 3. The highest BCUT2D eigenvalue weighted by Crippen LogP contribution is 2.51. The van der Waals surface area contributed by atoms with Crippen LogP contribution in [0.3, 0.4) is 0 Å². The number of hydrogen-bond acceptors (Lipinski definition) is 10. The molecular formula is C35H34F3N7O3S2. The van der Waals surface area contributed by atoms with Gasteiger partial charge in [-0.05, 0) is 60.6 Å². The normalized spacial score (nSPS) is 18.8. The van der Waals surface area contributed by atoms with Crippen LogP contribution in [0.25, 0.3) is 0 Å². The summed E-state index contributed by atoms with van der Waals surface area (Å²) < 4.78 is 46.7. The van der Waals surface area contributed by atoms with Crippen LogP contribution in [0.4, 0.5) is 35.9 Å². The van der Waals surface area contributed by atoms with Gasteiger partial charge >= 0.3 is 12.1 Å². The zero-order valence-corrected chi connectivity index (χ0v) is 29.0. The first-order valence-corrected chi connectivity index (χ1v) is 17.6. The number of aliphatic imine (C=N–C) groups is 1. The number of rotatable bonds is 9. The number of halogens is 3. The second-order valence-electron chi connectivity index (χ2n) is 11.6. The van der Waals surface area contributed by atoms with E-state index in [4.69, 9.17) is 9.73 Å². The van der Waals surface area contributed by atoms with Crippen molar-refractivity contribution in [3.8, 4) is 6.07 Å². The van der Waals surface area contributed by atoms with Crippen LogP contribution in [0, 0.1) is 11.3 Å². The number of amides is 2. The van der Waals surface area contributed by atoms with Crippen LogP contribution < -0.4 is 15.1 Å². The van der Waals surface area contributed by atoms with E-state index in [-0.39, 0.29) is 31.2 Å². The van der Waals surface area contributed by atoms with E-state index in [1.54, 1.807) is 47.2 Å². The first-order valence-electron chi connectivity index (χ1n) is 16.0. The lowest BCUT2D eigenvalue weighted by Crippen LogP contribution is -2.47. The zero-order valence-electron chi connectivity index (χ0n) is 27.4. The Morgan fingerprint density at radius 2 is 1.84 bits per heavy atom. The average molecular weight is 722 g/mol. The van der Waals surface area contributed by atoms with Gasteiger partial charge in [0.1, 0.15) is 4.91 Å². The molecule has 0 aliphatic carbocycles. The number of nitrogens with zero attached hydrogens (tertiary/aromatic N) is 6.